The average Bonchev–Trinajstić information content (AvgIpc) is 3.65. The number of carbonyl (C=O) groups excluding carboxylic acids is 4. The molecule has 5 aliphatic rings. The molecule has 15 atom stereocenters. The van der Waals surface area contributed by atoms with Crippen LogP contribution in [0, 0.1) is 0 Å². The van der Waals surface area contributed by atoms with Gasteiger partial charge in [0.2, 0.25) is 17.7 Å². The molecule has 1 spiro atoms. The summed E-state index contributed by atoms with van der Waals surface area (Å²) in [4.78, 5) is 50.6. The zero-order valence-electron chi connectivity index (χ0n) is 40.4. The quantitative estimate of drug-likeness (QED) is 0.0392. The third-order valence-corrected chi connectivity index (χ3v) is 13.4. The van der Waals surface area contributed by atoms with Gasteiger partial charge in [-0.1, -0.05) is 6.07 Å². The molecule has 3 aromatic rings. The normalized spacial score (nSPS) is 31.4. The molecule has 0 radical (unpaired) electrons. The predicted octanol–water partition coefficient (Wildman–Crippen LogP) is -2.76. The van der Waals surface area contributed by atoms with Gasteiger partial charge in [0.25, 0.3) is 0 Å². The van der Waals surface area contributed by atoms with Crippen LogP contribution in [0.4, 0.5) is 5.69 Å². The molecule has 0 unspecified atom stereocenters. The molecule has 5 heterocycles. The Morgan fingerprint density at radius 1 is 0.640 bits per heavy atom. The lowest BCUT2D eigenvalue weighted by Crippen LogP contribution is -2.71. The minimum Gasteiger partial charge on any atom is -0.508 e. The number of aliphatic hydroxyl groups excluding tert-OH is 7. The van der Waals surface area contributed by atoms with Crippen molar-refractivity contribution in [2.45, 2.75) is 125 Å². The summed E-state index contributed by atoms with van der Waals surface area (Å²) in [6, 6.07) is 9.52. The van der Waals surface area contributed by atoms with E-state index in [4.69, 9.17) is 50.1 Å². The van der Waals surface area contributed by atoms with Crippen LogP contribution < -0.4 is 31.3 Å². The van der Waals surface area contributed by atoms with Crippen molar-refractivity contribution in [2.24, 2.45) is 0 Å². The Bertz CT molecular complexity index is 2560. The van der Waals surface area contributed by atoms with Crippen LogP contribution in [0.5, 0.6) is 23.0 Å². The molecule has 3 saturated heterocycles. The van der Waals surface area contributed by atoms with E-state index >= 15 is 0 Å². The van der Waals surface area contributed by atoms with Gasteiger partial charge in [-0.05, 0) is 55.0 Å². The first-order valence-electron chi connectivity index (χ1n) is 23.8. The molecule has 3 aromatic carbocycles. The number of fused-ring (bicyclic) bond motifs is 6. The summed E-state index contributed by atoms with van der Waals surface area (Å²) in [5, 5.41) is 110. The van der Waals surface area contributed by atoms with Crippen LogP contribution >= 0.6 is 12.2 Å². The molecule has 0 bridgehead atoms. The van der Waals surface area contributed by atoms with Crippen molar-refractivity contribution in [3.8, 4) is 23.0 Å². The van der Waals surface area contributed by atoms with Crippen LogP contribution in [-0.2, 0) is 53.1 Å². The lowest BCUT2D eigenvalue weighted by molar-refractivity contribution is -0.353. The summed E-state index contributed by atoms with van der Waals surface area (Å²) in [6.45, 7) is 1.12. The Morgan fingerprint density at radius 2 is 1.12 bits per heavy atom. The minimum atomic E-state index is -1.83. The number of amides is 3. The summed E-state index contributed by atoms with van der Waals surface area (Å²) < 4.78 is 47.9. The van der Waals surface area contributed by atoms with Crippen molar-refractivity contribution in [2.75, 3.05) is 38.3 Å². The Morgan fingerprint density at radius 3 is 1.64 bits per heavy atom. The fourth-order valence-electron chi connectivity index (χ4n) is 9.83. The number of anilines is 1. The highest BCUT2D eigenvalue weighted by molar-refractivity contribution is 7.80. The molecule has 0 saturated carbocycles. The highest BCUT2D eigenvalue weighted by Gasteiger charge is 2.56. The van der Waals surface area contributed by atoms with Gasteiger partial charge in [0.15, 0.2) is 29.6 Å². The monoisotopic (exact) mass is 1070 g/mol. The van der Waals surface area contributed by atoms with Crippen molar-refractivity contribution in [3.63, 3.8) is 0 Å². The maximum Gasteiger partial charge on any atom is 0.340 e. The van der Waals surface area contributed by atoms with Crippen LogP contribution in [0.15, 0.2) is 54.6 Å². The SMILES string of the molecule is CC(=O)N[C@H]1[C@H](OCCCNC(=S)Nc2ccc3c(c2)C(=O)OC32c3ccc(O)cc3Oc3cc(O)ccc32)O[C@H](CO)[C@@H](O[C@@H]2O[C@H](CO)[C@@H](O[C@@H]3O[C@H](CO)[C@@H](O)[C@H](O)[C@H]3NC(C)=O)[C@H](O)[C@H]2NC(C)=O)[C@@H]1O. The summed E-state index contributed by atoms with van der Waals surface area (Å²) in [5.74, 6) is -2.32. The van der Waals surface area contributed by atoms with E-state index in [2.05, 4.69) is 26.6 Å². The number of esters is 1. The highest BCUT2D eigenvalue weighted by Crippen LogP contribution is 2.57. The largest absolute Gasteiger partial charge is 0.508 e. The van der Waals surface area contributed by atoms with Crippen molar-refractivity contribution >= 4 is 46.7 Å². The first-order chi connectivity index (χ1) is 35.8. The number of ether oxygens (including phenoxy) is 8. The van der Waals surface area contributed by atoms with E-state index in [-0.39, 0.29) is 53.2 Å². The summed E-state index contributed by atoms with van der Waals surface area (Å²) in [6.07, 6.45) is -18.9. The number of benzene rings is 3. The standard InChI is InChI=1S/C48H59N5O21S/c1-19(57)50-34-38(63)37(62)31(16-54)69-45(34)72-42-33(18-56)71-46(36(40(42)65)52-21(3)59)73-41-32(17-55)70-44(35(39(41)64)51-20(2)58)67-12-4-11-49-47(75)53-22-5-8-26-25(13-22)43(66)74-48(26)27-9-6-23(60)14-29(27)68-30-15-24(61)7-10-28(30)48/h5-10,13-15,31-42,44-46,54-56,60-65H,4,11-12,16-18H2,1-3H3,(H,50,57)(H,51,58)(H,52,59)(H2,49,53,75)/t31-,32-,33-,34-,35-,36-,37-,38-,39-,40-,41-,42-,44-,45+,46+/m1/s1. The van der Waals surface area contributed by atoms with Gasteiger partial charge in [-0.25, -0.2) is 4.79 Å². The Hall–Kier alpha value is -5.89. The summed E-state index contributed by atoms with van der Waals surface area (Å²) in [7, 11) is 0. The number of phenols is 2. The Labute approximate surface area is 432 Å². The molecule has 75 heavy (non-hydrogen) atoms. The van der Waals surface area contributed by atoms with Crippen molar-refractivity contribution in [3.05, 3.63) is 76.9 Å². The molecule has 26 nitrogen and oxygen atoms in total. The van der Waals surface area contributed by atoms with Crippen LogP contribution in [-0.4, -0.2) is 200 Å². The zero-order chi connectivity index (χ0) is 54.0. The van der Waals surface area contributed by atoms with Crippen molar-refractivity contribution in [1.82, 2.24) is 21.3 Å². The second-order valence-electron chi connectivity index (χ2n) is 18.4. The van der Waals surface area contributed by atoms with E-state index in [9.17, 15) is 65.1 Å². The minimum absolute atomic E-state index is 0.0492. The first-order valence-corrected chi connectivity index (χ1v) is 24.2. The van der Waals surface area contributed by atoms with Gasteiger partial charge in [0.1, 0.15) is 96.1 Å². The van der Waals surface area contributed by atoms with Gasteiger partial charge >= 0.3 is 5.97 Å². The molecular formula is C48H59N5O21S. The third-order valence-electron chi connectivity index (χ3n) is 13.2. The van der Waals surface area contributed by atoms with E-state index in [0.29, 0.717) is 22.4 Å². The fraction of sp³-hybridized carbons (Fsp3) is 0.521. The topological polar surface area (TPSA) is 384 Å². The molecule has 3 amide bonds. The van der Waals surface area contributed by atoms with Gasteiger partial charge in [-0.2, -0.15) is 0 Å². The van der Waals surface area contributed by atoms with E-state index in [1.807, 2.05) is 0 Å². The second kappa shape index (κ2) is 23.2. The van der Waals surface area contributed by atoms with E-state index in [1.165, 1.54) is 31.2 Å². The number of hydrogen-bond acceptors (Lipinski definition) is 22. The van der Waals surface area contributed by atoms with Gasteiger partial charge in [0.05, 0.1) is 32.0 Å². The zero-order valence-corrected chi connectivity index (χ0v) is 41.2. The number of nitrogens with one attached hydrogen (secondary N) is 5. The van der Waals surface area contributed by atoms with Gasteiger partial charge < -0.3 is 110 Å². The Kier molecular flexibility index (Phi) is 17.1. The highest BCUT2D eigenvalue weighted by atomic mass is 32.1. The summed E-state index contributed by atoms with van der Waals surface area (Å²) >= 11 is 5.54. The van der Waals surface area contributed by atoms with E-state index in [0.717, 1.165) is 13.8 Å². The molecule has 0 aromatic heterocycles. The lowest BCUT2D eigenvalue weighted by atomic mass is 9.77. The van der Waals surface area contributed by atoms with E-state index < -0.39 is 141 Å². The van der Waals surface area contributed by atoms with Crippen molar-refractivity contribution in [1.29, 1.82) is 0 Å². The smallest absolute Gasteiger partial charge is 0.340 e. The average molecular weight is 1070 g/mol. The molecule has 8 rings (SSSR count). The number of phenolic OH excluding ortho intramolecular Hbond substituents is 2. The maximum absolute atomic E-state index is 13.6. The number of aliphatic hydroxyl groups is 7. The van der Waals surface area contributed by atoms with Crippen LogP contribution in [0.1, 0.15) is 54.2 Å². The van der Waals surface area contributed by atoms with Gasteiger partial charge in [-0.15, -0.1) is 0 Å². The summed E-state index contributed by atoms with van der Waals surface area (Å²) in [5.41, 5.74) is 0.631. The molecule has 0 aliphatic carbocycles. The van der Waals surface area contributed by atoms with Gasteiger partial charge in [-0.3, -0.25) is 14.4 Å². The lowest BCUT2D eigenvalue weighted by Gasteiger charge is -2.50. The second-order valence-corrected chi connectivity index (χ2v) is 18.8. The van der Waals surface area contributed by atoms with Crippen LogP contribution in [0.25, 0.3) is 0 Å². The van der Waals surface area contributed by atoms with Gasteiger partial charge in [0, 0.05) is 61.8 Å². The molecule has 5 aliphatic heterocycles. The first kappa shape index (κ1) is 55.3. The number of hydrogen-bond donors (Lipinski definition) is 14. The molecule has 408 valence electrons. The predicted molar refractivity (Wildman–Crippen MR) is 257 cm³/mol. The molecule has 3 fully saturated rings. The van der Waals surface area contributed by atoms with Crippen molar-refractivity contribution < 1.29 is 103 Å². The fourth-order valence-corrected chi connectivity index (χ4v) is 10.1. The molecule has 27 heteroatoms. The molecule has 14 N–H and O–H groups in total. The number of aromatic hydroxyl groups is 2. The van der Waals surface area contributed by atoms with E-state index in [1.54, 1.807) is 30.3 Å². The number of rotatable bonds is 16. The number of thiocarbonyl (C=S) groups is 1. The third kappa shape index (κ3) is 11.3. The maximum atomic E-state index is 13.6. The Balaban J connectivity index is 0.891. The van der Waals surface area contributed by atoms with Crippen LogP contribution in [0.3, 0.4) is 0 Å². The van der Waals surface area contributed by atoms with Crippen LogP contribution in [0.2, 0.25) is 0 Å². The molecular weight excluding hydrogens is 1010 g/mol. The number of carbonyl (C=O) groups is 4.